The molecule has 2 nitrogen and oxygen atoms in total. The van der Waals surface area contributed by atoms with Crippen molar-refractivity contribution in [3.8, 4) is 0 Å². The molecule has 1 N–H and O–H groups in total. The molecule has 0 rings (SSSR count). The molecule has 0 aliphatic carbocycles. The molecular weight excluding hydrogens is 102 g/mol. The number of hydrogen-bond donors (Lipinski definition) is 1. The third-order valence-electron chi connectivity index (χ3n) is 0.972. The molecule has 0 saturated heterocycles. The van der Waals surface area contributed by atoms with Gasteiger partial charge in [0.15, 0.2) is 0 Å². The molecule has 0 heterocycles. The zero-order chi connectivity index (χ0) is 6.41. The van der Waals surface area contributed by atoms with E-state index in [-0.39, 0.29) is 6.61 Å². The van der Waals surface area contributed by atoms with Crippen molar-refractivity contribution >= 4 is 5.71 Å². The first kappa shape index (κ1) is 7.63. The van der Waals surface area contributed by atoms with Crippen molar-refractivity contribution in [1.82, 2.24) is 0 Å². The van der Waals surface area contributed by atoms with Gasteiger partial charge in [-0.3, -0.25) is 4.99 Å². The fourth-order valence-corrected chi connectivity index (χ4v) is 0.497. The van der Waals surface area contributed by atoms with Crippen LogP contribution in [0.2, 0.25) is 0 Å². The van der Waals surface area contributed by atoms with Crippen molar-refractivity contribution in [2.75, 3.05) is 13.2 Å². The van der Waals surface area contributed by atoms with E-state index in [1.165, 1.54) is 0 Å². The predicted octanol–water partition coefficient (Wildman–Crippen LogP) is 0.850. The Bertz CT molecular complexity index is 72.6. The van der Waals surface area contributed by atoms with E-state index in [1.807, 2.05) is 13.8 Å². The molecule has 0 saturated carbocycles. The second kappa shape index (κ2) is 4.78. The van der Waals surface area contributed by atoms with Gasteiger partial charge < -0.3 is 5.11 Å². The highest BCUT2D eigenvalue weighted by Gasteiger charge is 1.87. The molecule has 0 amide bonds. The molecule has 0 aromatic heterocycles. The first-order chi connectivity index (χ1) is 3.85. The van der Waals surface area contributed by atoms with Gasteiger partial charge in [-0.25, -0.2) is 0 Å². The molecule has 2 heteroatoms. The lowest BCUT2D eigenvalue weighted by molar-refractivity contribution is 0.355. The Hall–Kier alpha value is -0.370. The van der Waals surface area contributed by atoms with Crippen LogP contribution in [0, 0.1) is 0 Å². The molecule has 48 valence electrons. The molecular formula is C6H13NO. The molecule has 0 fully saturated rings. The molecule has 0 unspecified atom stereocenters. The minimum atomic E-state index is 0.115. The van der Waals surface area contributed by atoms with E-state index in [9.17, 15) is 0 Å². The van der Waals surface area contributed by atoms with Crippen LogP contribution < -0.4 is 0 Å². The zero-order valence-electron chi connectivity index (χ0n) is 5.52. The third kappa shape index (κ3) is 2.75. The normalized spacial score (nSPS) is 12.1. The summed E-state index contributed by atoms with van der Waals surface area (Å²) in [7, 11) is 0. The van der Waals surface area contributed by atoms with Gasteiger partial charge in [0.05, 0.1) is 6.61 Å². The van der Waals surface area contributed by atoms with Gasteiger partial charge >= 0.3 is 0 Å². The highest BCUT2D eigenvalue weighted by atomic mass is 16.3. The minimum Gasteiger partial charge on any atom is -0.390 e. The molecule has 0 aromatic carbocycles. The summed E-state index contributed by atoms with van der Waals surface area (Å²) in [5.74, 6) is 0. The van der Waals surface area contributed by atoms with Gasteiger partial charge in [-0.05, 0) is 13.3 Å². The first-order valence-electron chi connectivity index (χ1n) is 2.98. The average molecular weight is 115 g/mol. The number of rotatable bonds is 3. The molecule has 0 aliphatic heterocycles. The predicted molar refractivity (Wildman–Crippen MR) is 35.4 cm³/mol. The second-order valence-electron chi connectivity index (χ2n) is 1.55. The van der Waals surface area contributed by atoms with E-state index < -0.39 is 0 Å². The Morgan fingerprint density at radius 3 is 2.25 bits per heavy atom. The van der Waals surface area contributed by atoms with Crippen molar-refractivity contribution in [2.24, 2.45) is 4.99 Å². The second-order valence-corrected chi connectivity index (χ2v) is 1.55. The van der Waals surface area contributed by atoms with Crippen LogP contribution in [0.4, 0.5) is 0 Å². The molecule has 0 radical (unpaired) electrons. The van der Waals surface area contributed by atoms with Crippen LogP contribution in [0.1, 0.15) is 20.3 Å². The summed E-state index contributed by atoms with van der Waals surface area (Å²) in [4.78, 5) is 4.03. The van der Waals surface area contributed by atoms with Crippen LogP contribution in [-0.4, -0.2) is 24.0 Å². The lowest BCUT2D eigenvalue weighted by Gasteiger charge is -1.94. The lowest BCUT2D eigenvalue weighted by atomic mass is 10.3. The summed E-state index contributed by atoms with van der Waals surface area (Å²) in [6.07, 6.45) is 0.865. The largest absolute Gasteiger partial charge is 0.390 e. The summed E-state index contributed by atoms with van der Waals surface area (Å²) in [5, 5.41) is 8.53. The standard InChI is InChI=1S/C6H13NO/c1-3-6(5-8)7-4-2/h8H,3-5H2,1-2H3. The van der Waals surface area contributed by atoms with Crippen LogP contribution in [0.5, 0.6) is 0 Å². The van der Waals surface area contributed by atoms with E-state index in [1.54, 1.807) is 0 Å². The molecule has 0 aliphatic rings. The maximum Gasteiger partial charge on any atom is 0.0809 e. The SMILES string of the molecule is CCN=C(CC)CO. The Kier molecular flexibility index (Phi) is 4.56. The van der Waals surface area contributed by atoms with Crippen molar-refractivity contribution in [3.63, 3.8) is 0 Å². The van der Waals surface area contributed by atoms with E-state index in [4.69, 9.17) is 5.11 Å². The van der Waals surface area contributed by atoms with Crippen molar-refractivity contribution in [1.29, 1.82) is 0 Å². The monoisotopic (exact) mass is 115 g/mol. The van der Waals surface area contributed by atoms with Crippen LogP contribution in [0.25, 0.3) is 0 Å². The van der Waals surface area contributed by atoms with Gasteiger partial charge in [-0.1, -0.05) is 6.92 Å². The topological polar surface area (TPSA) is 32.6 Å². The van der Waals surface area contributed by atoms with Gasteiger partial charge in [0, 0.05) is 12.3 Å². The van der Waals surface area contributed by atoms with Crippen LogP contribution in [0.15, 0.2) is 4.99 Å². The summed E-state index contributed by atoms with van der Waals surface area (Å²) >= 11 is 0. The maximum atomic E-state index is 8.53. The molecule has 0 atom stereocenters. The molecule has 0 spiro atoms. The Morgan fingerprint density at radius 1 is 1.50 bits per heavy atom. The van der Waals surface area contributed by atoms with Crippen molar-refractivity contribution in [3.05, 3.63) is 0 Å². The third-order valence-corrected chi connectivity index (χ3v) is 0.972. The van der Waals surface area contributed by atoms with Gasteiger partial charge in [-0.2, -0.15) is 0 Å². The number of nitrogens with zero attached hydrogens (tertiary/aromatic N) is 1. The highest BCUT2D eigenvalue weighted by Crippen LogP contribution is 1.83. The van der Waals surface area contributed by atoms with E-state index in [2.05, 4.69) is 4.99 Å². The smallest absolute Gasteiger partial charge is 0.0809 e. The lowest BCUT2D eigenvalue weighted by Crippen LogP contribution is -2.02. The van der Waals surface area contributed by atoms with Crippen LogP contribution in [0.3, 0.4) is 0 Å². The zero-order valence-corrected chi connectivity index (χ0v) is 5.52. The maximum absolute atomic E-state index is 8.53. The number of hydrogen-bond acceptors (Lipinski definition) is 2. The number of aliphatic hydroxyl groups excluding tert-OH is 1. The summed E-state index contributed by atoms with van der Waals surface area (Å²) in [5.41, 5.74) is 0.896. The molecule has 0 bridgehead atoms. The van der Waals surface area contributed by atoms with Crippen molar-refractivity contribution in [2.45, 2.75) is 20.3 Å². The van der Waals surface area contributed by atoms with Crippen LogP contribution in [-0.2, 0) is 0 Å². The Balaban J connectivity index is 3.49. The van der Waals surface area contributed by atoms with E-state index in [0.717, 1.165) is 18.7 Å². The Morgan fingerprint density at radius 2 is 2.12 bits per heavy atom. The molecule has 8 heavy (non-hydrogen) atoms. The fraction of sp³-hybridized carbons (Fsp3) is 0.833. The summed E-state index contributed by atoms with van der Waals surface area (Å²) in [6.45, 7) is 4.85. The first-order valence-corrected chi connectivity index (χ1v) is 2.98. The average Bonchev–Trinajstić information content (AvgIpc) is 1.83. The Labute approximate surface area is 50.3 Å². The van der Waals surface area contributed by atoms with Gasteiger partial charge in [0.2, 0.25) is 0 Å². The minimum absolute atomic E-state index is 0.115. The fourth-order valence-electron chi connectivity index (χ4n) is 0.497. The summed E-state index contributed by atoms with van der Waals surface area (Å²) in [6, 6.07) is 0. The number of aliphatic imine (C=N–C) groups is 1. The van der Waals surface area contributed by atoms with E-state index in [0.29, 0.717) is 0 Å². The van der Waals surface area contributed by atoms with Crippen molar-refractivity contribution < 1.29 is 5.11 Å². The number of aliphatic hydroxyl groups is 1. The molecule has 0 aromatic rings. The van der Waals surface area contributed by atoms with Gasteiger partial charge in [-0.15, -0.1) is 0 Å². The van der Waals surface area contributed by atoms with Crippen LogP contribution >= 0.6 is 0 Å². The van der Waals surface area contributed by atoms with E-state index >= 15 is 0 Å². The summed E-state index contributed by atoms with van der Waals surface area (Å²) < 4.78 is 0. The quantitative estimate of drug-likeness (QED) is 0.543. The van der Waals surface area contributed by atoms with Gasteiger partial charge in [0.1, 0.15) is 0 Å². The highest BCUT2D eigenvalue weighted by molar-refractivity contribution is 5.85. The van der Waals surface area contributed by atoms with Gasteiger partial charge in [0.25, 0.3) is 0 Å².